The summed E-state index contributed by atoms with van der Waals surface area (Å²) in [6.07, 6.45) is 2.04. The lowest BCUT2D eigenvalue weighted by Crippen LogP contribution is -2.41. The van der Waals surface area contributed by atoms with Crippen LogP contribution in [-0.4, -0.2) is 43.6 Å². The Morgan fingerprint density at radius 2 is 2.05 bits per heavy atom. The molecule has 2 rings (SSSR count). The molecule has 0 saturated carbocycles. The number of hydrogen-bond donors (Lipinski definition) is 2. The van der Waals surface area contributed by atoms with Crippen LogP contribution in [0.3, 0.4) is 0 Å². The predicted molar refractivity (Wildman–Crippen MR) is 80.4 cm³/mol. The topological polar surface area (TPSA) is 70.7 Å². The Labute approximate surface area is 124 Å². The molecule has 21 heavy (non-hydrogen) atoms. The molecule has 1 fully saturated rings. The van der Waals surface area contributed by atoms with E-state index in [0.29, 0.717) is 19.5 Å². The highest BCUT2D eigenvalue weighted by Gasteiger charge is 2.25. The van der Waals surface area contributed by atoms with E-state index in [1.807, 2.05) is 24.3 Å². The number of carbonyl (C=O) groups is 2. The molecule has 6 nitrogen and oxygen atoms in total. The van der Waals surface area contributed by atoms with E-state index in [2.05, 4.69) is 10.6 Å². The van der Waals surface area contributed by atoms with Gasteiger partial charge in [0.1, 0.15) is 5.75 Å². The standard InChI is InChI=1S/C15H21N3O3/c1-21-13-7-5-12(6-8-13)16-9-3-10-17-15(20)18-11-2-4-14(18)19/h5-8,16H,2-4,9-11H2,1H3,(H,17,20). The van der Waals surface area contributed by atoms with Gasteiger partial charge in [-0.15, -0.1) is 0 Å². The molecule has 0 radical (unpaired) electrons. The molecule has 1 aromatic rings. The van der Waals surface area contributed by atoms with Gasteiger partial charge in [-0.25, -0.2) is 4.79 Å². The van der Waals surface area contributed by atoms with Gasteiger partial charge in [-0.2, -0.15) is 0 Å². The van der Waals surface area contributed by atoms with Gasteiger partial charge in [0.05, 0.1) is 7.11 Å². The Balaban J connectivity index is 1.61. The quantitative estimate of drug-likeness (QED) is 0.784. The second kappa shape index (κ2) is 7.52. The van der Waals surface area contributed by atoms with E-state index in [9.17, 15) is 9.59 Å². The highest BCUT2D eigenvalue weighted by Crippen LogP contribution is 2.14. The van der Waals surface area contributed by atoms with Gasteiger partial charge in [0, 0.05) is 31.7 Å². The van der Waals surface area contributed by atoms with Gasteiger partial charge in [-0.1, -0.05) is 0 Å². The Hall–Kier alpha value is -2.24. The number of imide groups is 1. The van der Waals surface area contributed by atoms with Gasteiger partial charge in [-0.3, -0.25) is 9.69 Å². The maximum Gasteiger partial charge on any atom is 0.324 e. The summed E-state index contributed by atoms with van der Waals surface area (Å²) in [6.45, 7) is 1.83. The third-order valence-corrected chi connectivity index (χ3v) is 3.37. The zero-order chi connectivity index (χ0) is 15.1. The molecular formula is C15H21N3O3. The van der Waals surface area contributed by atoms with Crippen molar-refractivity contribution in [2.75, 3.05) is 32.1 Å². The summed E-state index contributed by atoms with van der Waals surface area (Å²) in [5.74, 6) is 0.743. The first-order valence-electron chi connectivity index (χ1n) is 7.17. The molecule has 2 N–H and O–H groups in total. The Kier molecular flexibility index (Phi) is 5.43. The SMILES string of the molecule is COc1ccc(NCCCNC(=O)N2CCCC2=O)cc1. The fraction of sp³-hybridized carbons (Fsp3) is 0.467. The van der Waals surface area contributed by atoms with Crippen LogP contribution < -0.4 is 15.4 Å². The minimum atomic E-state index is -0.276. The maximum atomic E-state index is 11.7. The summed E-state index contributed by atoms with van der Waals surface area (Å²) in [6, 6.07) is 7.40. The molecule has 3 amide bonds. The summed E-state index contributed by atoms with van der Waals surface area (Å²) in [5, 5.41) is 6.03. The van der Waals surface area contributed by atoms with E-state index < -0.39 is 0 Å². The van der Waals surface area contributed by atoms with Gasteiger partial charge < -0.3 is 15.4 Å². The van der Waals surface area contributed by atoms with Crippen LogP contribution in [0.2, 0.25) is 0 Å². The molecule has 114 valence electrons. The number of hydrogen-bond acceptors (Lipinski definition) is 4. The first kappa shape index (κ1) is 15.2. The normalized spacial score (nSPS) is 14.1. The van der Waals surface area contributed by atoms with Crippen LogP contribution in [0, 0.1) is 0 Å². The van der Waals surface area contributed by atoms with Crippen LogP contribution in [-0.2, 0) is 4.79 Å². The minimum absolute atomic E-state index is 0.0798. The number of rotatable bonds is 6. The molecule has 0 spiro atoms. The van der Waals surface area contributed by atoms with Crippen LogP contribution in [0.15, 0.2) is 24.3 Å². The van der Waals surface area contributed by atoms with Gasteiger partial charge in [-0.05, 0) is 37.1 Å². The first-order valence-corrected chi connectivity index (χ1v) is 7.17. The molecule has 0 atom stereocenters. The monoisotopic (exact) mass is 291 g/mol. The number of benzene rings is 1. The number of urea groups is 1. The van der Waals surface area contributed by atoms with Crippen LogP contribution in [0.25, 0.3) is 0 Å². The summed E-state index contributed by atoms with van der Waals surface area (Å²) < 4.78 is 5.09. The number of methoxy groups -OCH3 is 1. The number of nitrogens with one attached hydrogen (secondary N) is 2. The fourth-order valence-corrected chi connectivity index (χ4v) is 2.18. The molecule has 6 heteroatoms. The Morgan fingerprint density at radius 1 is 1.29 bits per heavy atom. The van der Waals surface area contributed by atoms with Crippen molar-refractivity contribution in [2.24, 2.45) is 0 Å². The predicted octanol–water partition coefficient (Wildman–Crippen LogP) is 1.83. The second-order valence-electron chi connectivity index (χ2n) is 4.89. The van der Waals surface area contributed by atoms with E-state index in [-0.39, 0.29) is 11.9 Å². The van der Waals surface area contributed by atoms with E-state index in [1.165, 1.54) is 4.90 Å². The zero-order valence-corrected chi connectivity index (χ0v) is 12.2. The summed E-state index contributed by atoms with van der Waals surface area (Å²) in [5.41, 5.74) is 1.01. The fourth-order valence-electron chi connectivity index (χ4n) is 2.18. The smallest absolute Gasteiger partial charge is 0.324 e. The number of amides is 3. The summed E-state index contributed by atoms with van der Waals surface area (Å²) in [7, 11) is 1.64. The minimum Gasteiger partial charge on any atom is -0.497 e. The maximum absolute atomic E-state index is 11.7. The van der Waals surface area contributed by atoms with E-state index >= 15 is 0 Å². The molecule has 1 aliphatic rings. The van der Waals surface area contributed by atoms with Crippen molar-refractivity contribution in [3.8, 4) is 5.75 Å². The zero-order valence-electron chi connectivity index (χ0n) is 12.2. The van der Waals surface area contributed by atoms with Crippen molar-refractivity contribution in [3.63, 3.8) is 0 Å². The number of anilines is 1. The molecule has 0 aromatic heterocycles. The van der Waals surface area contributed by atoms with Crippen molar-refractivity contribution < 1.29 is 14.3 Å². The molecule has 1 aliphatic heterocycles. The average Bonchev–Trinajstić information content (AvgIpc) is 2.93. The van der Waals surface area contributed by atoms with Crippen molar-refractivity contribution in [1.29, 1.82) is 0 Å². The van der Waals surface area contributed by atoms with Gasteiger partial charge in [0.2, 0.25) is 5.91 Å². The van der Waals surface area contributed by atoms with Crippen LogP contribution in [0.5, 0.6) is 5.75 Å². The van der Waals surface area contributed by atoms with Gasteiger partial charge >= 0.3 is 6.03 Å². The van der Waals surface area contributed by atoms with E-state index in [1.54, 1.807) is 7.11 Å². The van der Waals surface area contributed by atoms with Crippen LogP contribution in [0.1, 0.15) is 19.3 Å². The van der Waals surface area contributed by atoms with Crippen LogP contribution >= 0.6 is 0 Å². The molecule has 0 aliphatic carbocycles. The molecule has 1 saturated heterocycles. The molecule has 0 unspecified atom stereocenters. The third kappa shape index (κ3) is 4.37. The molecule has 1 aromatic carbocycles. The third-order valence-electron chi connectivity index (χ3n) is 3.37. The van der Waals surface area contributed by atoms with E-state index in [4.69, 9.17) is 4.74 Å². The highest BCUT2D eigenvalue weighted by atomic mass is 16.5. The Bertz CT molecular complexity index is 487. The van der Waals surface area contributed by atoms with Crippen molar-refractivity contribution in [3.05, 3.63) is 24.3 Å². The van der Waals surface area contributed by atoms with E-state index in [0.717, 1.165) is 30.8 Å². The van der Waals surface area contributed by atoms with Crippen molar-refractivity contribution >= 4 is 17.6 Å². The highest BCUT2D eigenvalue weighted by molar-refractivity contribution is 5.95. The number of carbonyl (C=O) groups excluding carboxylic acids is 2. The lowest BCUT2D eigenvalue weighted by molar-refractivity contribution is -0.125. The number of ether oxygens (including phenoxy) is 1. The lowest BCUT2D eigenvalue weighted by atomic mass is 10.3. The van der Waals surface area contributed by atoms with Crippen molar-refractivity contribution in [1.82, 2.24) is 10.2 Å². The molecule has 1 heterocycles. The van der Waals surface area contributed by atoms with Gasteiger partial charge in [0.25, 0.3) is 0 Å². The first-order chi connectivity index (χ1) is 10.2. The molecule has 0 bridgehead atoms. The lowest BCUT2D eigenvalue weighted by Gasteiger charge is -2.14. The average molecular weight is 291 g/mol. The Morgan fingerprint density at radius 3 is 2.67 bits per heavy atom. The summed E-state index contributed by atoms with van der Waals surface area (Å²) >= 11 is 0. The second-order valence-corrected chi connectivity index (χ2v) is 4.89. The largest absolute Gasteiger partial charge is 0.497 e. The van der Waals surface area contributed by atoms with Gasteiger partial charge in [0.15, 0.2) is 0 Å². The number of nitrogens with zero attached hydrogens (tertiary/aromatic N) is 1. The molecular weight excluding hydrogens is 270 g/mol. The summed E-state index contributed by atoms with van der Waals surface area (Å²) in [4.78, 5) is 24.4. The van der Waals surface area contributed by atoms with Crippen LogP contribution in [0.4, 0.5) is 10.5 Å². The number of likely N-dealkylation sites (tertiary alicyclic amines) is 1. The van der Waals surface area contributed by atoms with Crippen molar-refractivity contribution in [2.45, 2.75) is 19.3 Å².